The molecule has 1 aliphatic heterocycles. The summed E-state index contributed by atoms with van der Waals surface area (Å²) < 4.78 is 5.51. The van der Waals surface area contributed by atoms with Crippen LogP contribution < -0.4 is 15.4 Å². The Morgan fingerprint density at radius 3 is 2.94 bits per heavy atom. The van der Waals surface area contributed by atoms with Crippen LogP contribution in [0.1, 0.15) is 34.7 Å². The fourth-order valence-corrected chi connectivity index (χ4v) is 3.80. The lowest BCUT2D eigenvalue weighted by Crippen LogP contribution is -2.47. The van der Waals surface area contributed by atoms with E-state index in [0.717, 1.165) is 23.1 Å². The second-order valence-corrected chi connectivity index (χ2v) is 8.00. The first-order valence-electron chi connectivity index (χ1n) is 10.0. The van der Waals surface area contributed by atoms with Gasteiger partial charge in [-0.2, -0.15) is 0 Å². The number of ether oxygens (including phenoxy) is 1. The summed E-state index contributed by atoms with van der Waals surface area (Å²) in [6, 6.07) is 10.5. The summed E-state index contributed by atoms with van der Waals surface area (Å²) in [7, 11) is 1.57. The standard InChI is InChI=1S/C22H24ClN5O3/c1-13(21-26-17-6-5-16(23)10-18(17)27-21)25-22(30)14-3-4-15(19(9-14)31-2)11-28-8-7-24-20(29)12-28/h3-6,9-10,13H,7-8,11-12H2,1-2H3,(H,24,29)(H,25,30)(H,26,27)/t13-/m0/s1. The average Bonchev–Trinajstić information content (AvgIpc) is 3.17. The molecule has 0 saturated carbocycles. The molecule has 0 spiro atoms. The number of hydrogen-bond donors (Lipinski definition) is 3. The third-order valence-corrected chi connectivity index (χ3v) is 5.52. The van der Waals surface area contributed by atoms with Crippen LogP contribution in [-0.4, -0.2) is 53.4 Å². The molecular formula is C22H24ClN5O3. The largest absolute Gasteiger partial charge is 0.496 e. The summed E-state index contributed by atoms with van der Waals surface area (Å²) in [5.74, 6) is 1.05. The maximum Gasteiger partial charge on any atom is 0.251 e. The number of hydrogen-bond acceptors (Lipinski definition) is 5. The first-order chi connectivity index (χ1) is 14.9. The summed E-state index contributed by atoms with van der Waals surface area (Å²) in [6.45, 7) is 4.21. The molecule has 0 radical (unpaired) electrons. The van der Waals surface area contributed by atoms with Crippen molar-refractivity contribution in [1.82, 2.24) is 25.5 Å². The number of halogens is 1. The van der Waals surface area contributed by atoms with Gasteiger partial charge in [-0.3, -0.25) is 14.5 Å². The molecule has 8 nitrogen and oxygen atoms in total. The minimum absolute atomic E-state index is 0.0167. The molecule has 9 heteroatoms. The normalized spacial score (nSPS) is 15.5. The molecule has 31 heavy (non-hydrogen) atoms. The predicted octanol–water partition coefficient (Wildman–Crippen LogP) is 2.65. The summed E-state index contributed by atoms with van der Waals surface area (Å²) >= 11 is 6.02. The highest BCUT2D eigenvalue weighted by atomic mass is 35.5. The van der Waals surface area contributed by atoms with Crippen molar-refractivity contribution >= 4 is 34.4 Å². The van der Waals surface area contributed by atoms with Gasteiger partial charge in [0.2, 0.25) is 5.91 Å². The summed E-state index contributed by atoms with van der Waals surface area (Å²) in [6.07, 6.45) is 0. The van der Waals surface area contributed by atoms with Crippen LogP contribution in [0.15, 0.2) is 36.4 Å². The van der Waals surface area contributed by atoms with Gasteiger partial charge in [-0.25, -0.2) is 4.98 Å². The number of piperazine rings is 1. The van der Waals surface area contributed by atoms with Crippen LogP contribution in [0.5, 0.6) is 5.75 Å². The molecule has 162 valence electrons. The molecule has 0 aliphatic carbocycles. The van der Waals surface area contributed by atoms with E-state index in [0.29, 0.717) is 41.8 Å². The number of aromatic nitrogens is 2. The van der Waals surface area contributed by atoms with Gasteiger partial charge in [-0.15, -0.1) is 0 Å². The van der Waals surface area contributed by atoms with Gasteiger partial charge in [0.05, 0.1) is 30.7 Å². The molecule has 1 aromatic heterocycles. The van der Waals surface area contributed by atoms with Gasteiger partial charge in [0.1, 0.15) is 11.6 Å². The van der Waals surface area contributed by atoms with Gasteiger partial charge in [0.25, 0.3) is 5.91 Å². The smallest absolute Gasteiger partial charge is 0.251 e. The molecule has 1 fully saturated rings. The number of carbonyl (C=O) groups excluding carboxylic acids is 2. The zero-order chi connectivity index (χ0) is 22.0. The molecule has 4 rings (SSSR count). The fraction of sp³-hybridized carbons (Fsp3) is 0.318. The minimum Gasteiger partial charge on any atom is -0.496 e. The predicted molar refractivity (Wildman–Crippen MR) is 118 cm³/mol. The number of benzene rings is 2. The number of fused-ring (bicyclic) bond motifs is 1. The van der Waals surface area contributed by atoms with Crippen LogP contribution in [0.25, 0.3) is 11.0 Å². The van der Waals surface area contributed by atoms with Gasteiger partial charge < -0.3 is 20.4 Å². The molecule has 2 heterocycles. The number of nitrogens with zero attached hydrogens (tertiary/aromatic N) is 2. The van der Waals surface area contributed by atoms with Gasteiger partial charge in [0.15, 0.2) is 0 Å². The highest BCUT2D eigenvalue weighted by Gasteiger charge is 2.20. The zero-order valence-corrected chi connectivity index (χ0v) is 18.1. The fourth-order valence-electron chi connectivity index (χ4n) is 3.64. The molecular weight excluding hydrogens is 418 g/mol. The molecule has 0 bridgehead atoms. The van der Waals surface area contributed by atoms with Crippen molar-refractivity contribution in [1.29, 1.82) is 0 Å². The maximum absolute atomic E-state index is 12.8. The zero-order valence-electron chi connectivity index (χ0n) is 17.4. The highest BCUT2D eigenvalue weighted by molar-refractivity contribution is 6.31. The van der Waals surface area contributed by atoms with Crippen molar-refractivity contribution in [2.75, 3.05) is 26.7 Å². The van der Waals surface area contributed by atoms with Crippen molar-refractivity contribution in [3.63, 3.8) is 0 Å². The molecule has 1 aliphatic rings. The molecule has 1 atom stereocenters. The summed E-state index contributed by atoms with van der Waals surface area (Å²) in [5.41, 5.74) is 3.03. The van der Waals surface area contributed by atoms with Crippen LogP contribution in [0, 0.1) is 0 Å². The van der Waals surface area contributed by atoms with Gasteiger partial charge in [0, 0.05) is 35.8 Å². The molecule has 2 aromatic carbocycles. The van der Waals surface area contributed by atoms with E-state index in [1.807, 2.05) is 24.0 Å². The summed E-state index contributed by atoms with van der Waals surface area (Å²) in [4.78, 5) is 34.2. The van der Waals surface area contributed by atoms with Crippen LogP contribution in [0.3, 0.4) is 0 Å². The van der Waals surface area contributed by atoms with E-state index >= 15 is 0 Å². The lowest BCUT2D eigenvalue weighted by atomic mass is 10.1. The number of aromatic amines is 1. The van der Waals surface area contributed by atoms with Crippen molar-refractivity contribution in [3.05, 3.63) is 58.4 Å². The first-order valence-corrected chi connectivity index (χ1v) is 10.4. The number of nitrogens with one attached hydrogen (secondary N) is 3. The quantitative estimate of drug-likeness (QED) is 0.546. The van der Waals surface area contributed by atoms with Gasteiger partial charge in [-0.1, -0.05) is 17.7 Å². The Bertz CT molecular complexity index is 1130. The second kappa shape index (κ2) is 8.95. The average molecular weight is 442 g/mol. The van der Waals surface area contributed by atoms with Crippen molar-refractivity contribution in [2.24, 2.45) is 0 Å². The van der Waals surface area contributed by atoms with Crippen molar-refractivity contribution in [2.45, 2.75) is 19.5 Å². The van der Waals surface area contributed by atoms with Crippen LogP contribution in [-0.2, 0) is 11.3 Å². The number of methoxy groups -OCH3 is 1. The third-order valence-electron chi connectivity index (χ3n) is 5.28. The number of rotatable bonds is 6. The van der Waals surface area contributed by atoms with Crippen LogP contribution >= 0.6 is 11.6 Å². The second-order valence-electron chi connectivity index (χ2n) is 7.57. The van der Waals surface area contributed by atoms with E-state index in [1.54, 1.807) is 31.4 Å². The Morgan fingerprint density at radius 2 is 2.16 bits per heavy atom. The van der Waals surface area contributed by atoms with E-state index in [1.165, 1.54) is 0 Å². The van der Waals surface area contributed by atoms with E-state index in [2.05, 4.69) is 20.6 Å². The number of imidazole rings is 1. The molecule has 3 N–H and O–H groups in total. The van der Waals surface area contributed by atoms with E-state index in [9.17, 15) is 9.59 Å². The molecule has 2 amide bonds. The number of carbonyl (C=O) groups is 2. The first kappa shape index (κ1) is 21.1. The Labute approximate surface area is 184 Å². The van der Waals surface area contributed by atoms with Crippen molar-refractivity contribution < 1.29 is 14.3 Å². The van der Waals surface area contributed by atoms with E-state index < -0.39 is 0 Å². The Hall–Kier alpha value is -3.10. The van der Waals surface area contributed by atoms with E-state index in [-0.39, 0.29) is 17.9 Å². The minimum atomic E-state index is -0.323. The topological polar surface area (TPSA) is 99.3 Å². The maximum atomic E-state index is 12.8. The summed E-state index contributed by atoms with van der Waals surface area (Å²) in [5, 5.41) is 6.39. The van der Waals surface area contributed by atoms with Gasteiger partial charge in [-0.05, 0) is 37.3 Å². The van der Waals surface area contributed by atoms with Gasteiger partial charge >= 0.3 is 0 Å². The van der Waals surface area contributed by atoms with Crippen molar-refractivity contribution in [3.8, 4) is 5.75 Å². The Morgan fingerprint density at radius 1 is 1.32 bits per heavy atom. The number of amides is 2. The van der Waals surface area contributed by atoms with Crippen LogP contribution in [0.2, 0.25) is 5.02 Å². The SMILES string of the molecule is COc1cc(C(=O)N[C@@H](C)c2nc3cc(Cl)ccc3[nH]2)ccc1CN1CCNC(=O)C1. The van der Waals surface area contributed by atoms with E-state index in [4.69, 9.17) is 16.3 Å². The lowest BCUT2D eigenvalue weighted by Gasteiger charge is -2.27. The Balaban J connectivity index is 1.46. The molecule has 1 saturated heterocycles. The lowest BCUT2D eigenvalue weighted by molar-refractivity contribution is -0.124. The van der Waals surface area contributed by atoms with Crippen LogP contribution in [0.4, 0.5) is 0 Å². The number of H-pyrrole nitrogens is 1. The Kier molecular flexibility index (Phi) is 6.11. The monoisotopic (exact) mass is 441 g/mol. The molecule has 0 unspecified atom stereocenters. The molecule has 3 aromatic rings. The highest BCUT2D eigenvalue weighted by Crippen LogP contribution is 2.24. The third kappa shape index (κ3) is 4.81.